The van der Waals surface area contributed by atoms with Gasteiger partial charge in [0.1, 0.15) is 35.3 Å². The van der Waals surface area contributed by atoms with Crippen molar-refractivity contribution in [2.75, 3.05) is 37.6 Å². The molecular formula is C50H59ClN8O5. The third-order valence-electron chi connectivity index (χ3n) is 13.7. The van der Waals surface area contributed by atoms with E-state index in [1.54, 1.807) is 36.5 Å². The number of anilines is 1. The summed E-state index contributed by atoms with van der Waals surface area (Å²) in [6.45, 7) is 17.0. The van der Waals surface area contributed by atoms with Gasteiger partial charge in [-0.05, 0) is 80.1 Å². The number of amides is 2. The van der Waals surface area contributed by atoms with E-state index in [4.69, 9.17) is 26.1 Å². The predicted octanol–water partition coefficient (Wildman–Crippen LogP) is 7.87. The Labute approximate surface area is 381 Å². The number of carbonyl (C=O) groups excluding carboxylic acids is 3. The molecule has 0 bridgehead atoms. The lowest BCUT2D eigenvalue weighted by Gasteiger charge is -2.63. The van der Waals surface area contributed by atoms with Gasteiger partial charge < -0.3 is 24.8 Å². The van der Waals surface area contributed by atoms with E-state index in [9.17, 15) is 19.6 Å². The molecule has 3 heterocycles. The van der Waals surface area contributed by atoms with Crippen molar-refractivity contribution in [2.24, 2.45) is 28.6 Å². The number of nitriles is 2. The zero-order chi connectivity index (χ0) is 45.8. The maximum atomic E-state index is 14.1. The number of nitrogens with zero attached hydrogens (tertiary/aromatic N) is 6. The Morgan fingerprint density at radius 3 is 2.30 bits per heavy atom. The van der Waals surface area contributed by atoms with Crippen LogP contribution in [-0.4, -0.2) is 77.5 Å². The predicted molar refractivity (Wildman–Crippen MR) is 244 cm³/mol. The van der Waals surface area contributed by atoms with Crippen LogP contribution < -0.4 is 20.3 Å². The number of ketones is 1. The first-order valence-corrected chi connectivity index (χ1v) is 22.8. The summed E-state index contributed by atoms with van der Waals surface area (Å²) in [4.78, 5) is 50.2. The van der Waals surface area contributed by atoms with Crippen molar-refractivity contribution < 1.29 is 23.6 Å². The Morgan fingerprint density at radius 1 is 0.938 bits per heavy atom. The zero-order valence-corrected chi connectivity index (χ0v) is 38.5. The maximum absolute atomic E-state index is 14.1. The minimum Gasteiger partial charge on any atom is -0.489 e. The summed E-state index contributed by atoms with van der Waals surface area (Å²) in [6.07, 6.45) is 5.25. The Morgan fingerprint density at radius 2 is 1.66 bits per heavy atom. The van der Waals surface area contributed by atoms with E-state index >= 15 is 0 Å². The van der Waals surface area contributed by atoms with Gasteiger partial charge in [-0.1, -0.05) is 76.9 Å². The monoisotopic (exact) mass is 886 g/mol. The molecular weight excluding hydrogens is 828 g/mol. The third-order valence-corrected chi connectivity index (χ3v) is 14.0. The fourth-order valence-corrected chi connectivity index (χ4v) is 10.7. The van der Waals surface area contributed by atoms with E-state index in [-0.39, 0.29) is 58.3 Å². The van der Waals surface area contributed by atoms with Gasteiger partial charge in [0.15, 0.2) is 0 Å². The van der Waals surface area contributed by atoms with E-state index in [0.717, 1.165) is 69.1 Å². The number of carbonyl (C=O) groups is 3. The molecule has 2 aliphatic carbocycles. The number of aromatic nitrogens is 2. The number of halogens is 1. The van der Waals surface area contributed by atoms with Crippen LogP contribution in [0.1, 0.15) is 112 Å². The Balaban J connectivity index is 0.848. The molecule has 1 aliphatic heterocycles. The van der Waals surface area contributed by atoms with Crippen LogP contribution in [0.5, 0.6) is 5.75 Å². The van der Waals surface area contributed by atoms with Crippen LogP contribution in [-0.2, 0) is 22.6 Å². The third kappa shape index (κ3) is 9.96. The molecule has 4 aromatic rings. The van der Waals surface area contributed by atoms with Crippen LogP contribution >= 0.6 is 11.6 Å². The summed E-state index contributed by atoms with van der Waals surface area (Å²) in [6, 6.07) is 21.9. The number of Topliss-reactive ketones (excluding diaryl/α,β-unsaturated/α-hetero) is 1. The topological polar surface area (TPSA) is 177 Å². The highest BCUT2D eigenvalue weighted by molar-refractivity contribution is 6.31. The molecule has 3 atom stereocenters. The molecule has 7 rings (SSSR count). The first-order valence-electron chi connectivity index (χ1n) is 22.5. The van der Waals surface area contributed by atoms with Gasteiger partial charge in [0.2, 0.25) is 5.91 Å². The number of nitrogens with one attached hydrogen (secondary N) is 2. The number of pyridine rings is 1. The molecule has 1 unspecified atom stereocenters. The summed E-state index contributed by atoms with van der Waals surface area (Å²) in [5.41, 5.74) is 2.45. The molecule has 2 saturated carbocycles. The normalized spacial score (nSPS) is 21.9. The Bertz CT molecular complexity index is 2380. The molecule has 2 amide bonds. The smallest absolute Gasteiger partial charge is 0.253 e. The first kappa shape index (κ1) is 46.2. The van der Waals surface area contributed by atoms with Gasteiger partial charge in [-0.3, -0.25) is 19.3 Å². The van der Waals surface area contributed by atoms with Crippen LogP contribution in [0.3, 0.4) is 0 Å². The van der Waals surface area contributed by atoms with Crippen molar-refractivity contribution in [2.45, 2.75) is 98.3 Å². The summed E-state index contributed by atoms with van der Waals surface area (Å²) in [5.74, 6) is 0.529. The standard InChI is InChI=1S/C50H59ClN8O5/c1-31(2)43(44(60)38-10-7-11-39(38)46(62)55-29-33-14-12-32(27-52)13-15-33)41-25-36(57-64-41)9-8-20-58-21-23-59(24-22-58)42-19-17-35(30-54-42)45(61)56-47-49(3,4)48(50(47,5)6)63-37-18-16-34(28-53)40(51)26-37/h12-19,25-26,30-31,38-39,43,47-48H,7-11,20-24,29H2,1-6H3,(H,55,62)(H,56,61)/t38?,39-,43+,47?,48?/m1/s1. The molecule has 3 aliphatic rings. The molecule has 13 nitrogen and oxygen atoms in total. The van der Waals surface area contributed by atoms with Gasteiger partial charge >= 0.3 is 0 Å². The number of hydrogen-bond donors (Lipinski definition) is 2. The van der Waals surface area contributed by atoms with Gasteiger partial charge in [-0.15, -0.1) is 0 Å². The Kier molecular flexibility index (Phi) is 14.1. The maximum Gasteiger partial charge on any atom is 0.253 e. The second-order valence-corrected chi connectivity index (χ2v) is 19.6. The lowest BCUT2D eigenvalue weighted by atomic mass is 9.49. The van der Waals surface area contributed by atoms with Gasteiger partial charge in [-0.25, -0.2) is 4.98 Å². The average molecular weight is 888 g/mol. The molecule has 14 heteroatoms. The van der Waals surface area contributed by atoms with E-state index in [1.165, 1.54) is 0 Å². The molecule has 2 N–H and O–H groups in total. The number of piperazine rings is 1. The summed E-state index contributed by atoms with van der Waals surface area (Å²) in [7, 11) is 0. The quantitative estimate of drug-likeness (QED) is 0.112. The van der Waals surface area contributed by atoms with Crippen molar-refractivity contribution >= 4 is 35.0 Å². The van der Waals surface area contributed by atoms with Crippen LogP contribution in [0.15, 0.2) is 71.4 Å². The van der Waals surface area contributed by atoms with Crippen LogP contribution in [0.25, 0.3) is 0 Å². The highest BCUT2D eigenvalue weighted by atomic mass is 35.5. The average Bonchev–Trinajstić information content (AvgIpc) is 3.97. The van der Waals surface area contributed by atoms with E-state index in [2.05, 4.69) is 70.4 Å². The van der Waals surface area contributed by atoms with Crippen LogP contribution in [0.4, 0.5) is 5.82 Å². The van der Waals surface area contributed by atoms with Crippen molar-refractivity contribution in [1.82, 2.24) is 25.7 Å². The molecule has 1 saturated heterocycles. The number of hydrogen-bond acceptors (Lipinski definition) is 11. The minimum atomic E-state index is -0.471. The molecule has 0 radical (unpaired) electrons. The number of benzene rings is 2. The highest BCUT2D eigenvalue weighted by Crippen LogP contribution is 2.55. The van der Waals surface area contributed by atoms with Crippen LogP contribution in [0, 0.1) is 51.2 Å². The van der Waals surface area contributed by atoms with Crippen molar-refractivity contribution in [3.63, 3.8) is 0 Å². The molecule has 0 spiro atoms. The number of rotatable bonds is 16. The molecule has 3 fully saturated rings. The largest absolute Gasteiger partial charge is 0.489 e. The molecule has 336 valence electrons. The zero-order valence-electron chi connectivity index (χ0n) is 37.7. The number of ether oxygens (including phenoxy) is 1. The fraction of sp³-hybridized carbons (Fsp3) is 0.500. The first-order chi connectivity index (χ1) is 30.6. The summed E-state index contributed by atoms with van der Waals surface area (Å²) < 4.78 is 12.2. The summed E-state index contributed by atoms with van der Waals surface area (Å²) >= 11 is 6.26. The SMILES string of the molecule is CC(C)[C@H](C(=O)C1CCC[C@H]1C(=O)NCc1ccc(C#N)cc1)c1cc(CCCN2CCN(c3ccc(C(=O)NC4C(C)(C)C(Oc5ccc(C#N)c(Cl)c5)C4(C)C)cn3)CC2)no1. The summed E-state index contributed by atoms with van der Waals surface area (Å²) in [5, 5.41) is 29.3. The van der Waals surface area contributed by atoms with E-state index < -0.39 is 5.92 Å². The van der Waals surface area contributed by atoms with Crippen molar-refractivity contribution in [1.29, 1.82) is 10.5 Å². The van der Waals surface area contributed by atoms with E-state index in [1.807, 2.05) is 44.2 Å². The van der Waals surface area contributed by atoms with E-state index in [0.29, 0.717) is 52.6 Å². The van der Waals surface area contributed by atoms with Gasteiger partial charge in [0.25, 0.3) is 5.91 Å². The second-order valence-electron chi connectivity index (χ2n) is 19.2. The lowest BCUT2D eigenvalue weighted by molar-refractivity contribution is -0.164. The minimum absolute atomic E-state index is 0.0138. The molecule has 2 aromatic heterocycles. The fourth-order valence-electron chi connectivity index (χ4n) is 10.5. The van der Waals surface area contributed by atoms with Gasteiger partial charge in [0.05, 0.1) is 39.4 Å². The second kappa shape index (κ2) is 19.5. The molecule has 64 heavy (non-hydrogen) atoms. The Hall–Kier alpha value is -5.76. The van der Waals surface area contributed by atoms with Crippen molar-refractivity contribution in [3.8, 4) is 17.9 Å². The van der Waals surface area contributed by atoms with Gasteiger partial charge in [0, 0.05) is 79.8 Å². The molecule has 2 aromatic carbocycles. The highest BCUT2D eigenvalue weighted by Gasteiger charge is 2.64. The van der Waals surface area contributed by atoms with Crippen LogP contribution in [0.2, 0.25) is 5.02 Å². The number of aryl methyl sites for hydroxylation is 1. The van der Waals surface area contributed by atoms with Crippen molar-refractivity contribution in [3.05, 3.63) is 106 Å². The van der Waals surface area contributed by atoms with Gasteiger partial charge in [-0.2, -0.15) is 10.5 Å². The lowest BCUT2D eigenvalue weighted by Crippen LogP contribution is -2.74.